The van der Waals surface area contributed by atoms with E-state index in [4.69, 9.17) is 10.2 Å². The molecule has 1 aromatic carbocycles. The highest BCUT2D eigenvalue weighted by Crippen LogP contribution is 2.30. The van der Waals surface area contributed by atoms with Crippen LogP contribution < -0.4 is 10.6 Å². The lowest BCUT2D eigenvalue weighted by molar-refractivity contribution is 0.0957. The maximum absolute atomic E-state index is 12.6. The van der Waals surface area contributed by atoms with Crippen molar-refractivity contribution in [2.75, 3.05) is 17.2 Å². The van der Waals surface area contributed by atoms with E-state index in [1.54, 1.807) is 11.0 Å². The number of nitrogens with two attached hydrogens (primary N) is 1. The smallest absolute Gasteiger partial charge is 0.293 e. The molecule has 0 saturated carbocycles. The lowest BCUT2D eigenvalue weighted by atomic mass is 10.0. The van der Waals surface area contributed by atoms with Crippen molar-refractivity contribution in [1.29, 1.82) is 0 Å². The Morgan fingerprint density at radius 2 is 2.20 bits per heavy atom. The van der Waals surface area contributed by atoms with Crippen LogP contribution in [0.25, 0.3) is 0 Å². The Bertz CT molecular complexity index is 646. The van der Waals surface area contributed by atoms with Crippen molar-refractivity contribution in [2.45, 2.75) is 26.2 Å². The molecule has 3 rings (SSSR count). The average Bonchev–Trinajstić information content (AvgIpc) is 2.94. The fourth-order valence-corrected chi connectivity index (χ4v) is 2.62. The van der Waals surface area contributed by atoms with Crippen LogP contribution in [0.1, 0.15) is 35.2 Å². The molecule has 1 amide bonds. The first kappa shape index (κ1) is 12.8. The Balaban J connectivity index is 1.95. The van der Waals surface area contributed by atoms with Crippen LogP contribution in [0, 0.1) is 0 Å². The van der Waals surface area contributed by atoms with Crippen molar-refractivity contribution < 1.29 is 9.21 Å². The van der Waals surface area contributed by atoms with Crippen LogP contribution >= 0.6 is 0 Å². The summed E-state index contributed by atoms with van der Waals surface area (Å²) in [6.07, 6.45) is 2.73. The molecule has 1 aliphatic rings. The van der Waals surface area contributed by atoms with Gasteiger partial charge in [-0.1, -0.05) is 13.0 Å². The van der Waals surface area contributed by atoms with Gasteiger partial charge in [0.15, 0.2) is 5.76 Å². The number of aryl methyl sites for hydroxylation is 2. The monoisotopic (exact) mass is 270 g/mol. The van der Waals surface area contributed by atoms with Crippen LogP contribution in [0.2, 0.25) is 0 Å². The number of anilines is 2. The number of fused-ring (bicyclic) bond motifs is 1. The fraction of sp³-hybridized carbons (Fsp3) is 0.312. The van der Waals surface area contributed by atoms with Gasteiger partial charge in [0.05, 0.1) is 0 Å². The molecule has 2 heterocycles. The molecule has 104 valence electrons. The molecule has 0 bridgehead atoms. The summed E-state index contributed by atoms with van der Waals surface area (Å²) in [5, 5.41) is 0. The Morgan fingerprint density at radius 1 is 1.35 bits per heavy atom. The maximum Gasteiger partial charge on any atom is 0.293 e. The van der Waals surface area contributed by atoms with Gasteiger partial charge < -0.3 is 15.1 Å². The van der Waals surface area contributed by atoms with Crippen LogP contribution in [0.4, 0.5) is 11.4 Å². The number of hydrogen-bond donors (Lipinski definition) is 1. The molecule has 2 N–H and O–H groups in total. The summed E-state index contributed by atoms with van der Waals surface area (Å²) in [5.41, 5.74) is 8.61. The number of nitrogens with zero attached hydrogens (tertiary/aromatic N) is 1. The van der Waals surface area contributed by atoms with Gasteiger partial charge in [0.1, 0.15) is 5.76 Å². The van der Waals surface area contributed by atoms with Crippen molar-refractivity contribution in [2.24, 2.45) is 0 Å². The van der Waals surface area contributed by atoms with Gasteiger partial charge in [-0.2, -0.15) is 0 Å². The third kappa shape index (κ3) is 2.18. The maximum atomic E-state index is 12.6. The second kappa shape index (κ2) is 5.04. The second-order valence-electron chi connectivity index (χ2n) is 5.07. The summed E-state index contributed by atoms with van der Waals surface area (Å²) in [7, 11) is 0. The van der Waals surface area contributed by atoms with E-state index in [9.17, 15) is 4.79 Å². The molecule has 2 aromatic rings. The minimum Gasteiger partial charge on any atom is -0.456 e. The molecule has 4 nitrogen and oxygen atoms in total. The van der Waals surface area contributed by atoms with Crippen molar-refractivity contribution >= 4 is 17.3 Å². The number of amides is 1. The SMILES string of the molecule is CCc1ccc(C(=O)N2CCCc3ccc(N)cc32)o1. The van der Waals surface area contributed by atoms with Gasteiger partial charge in [-0.3, -0.25) is 4.79 Å². The number of carbonyl (C=O) groups is 1. The zero-order chi connectivity index (χ0) is 14.1. The van der Waals surface area contributed by atoms with Crippen molar-refractivity contribution in [3.05, 3.63) is 47.4 Å². The summed E-state index contributed by atoms with van der Waals surface area (Å²) in [6.45, 7) is 2.71. The summed E-state index contributed by atoms with van der Waals surface area (Å²) < 4.78 is 5.57. The van der Waals surface area contributed by atoms with Gasteiger partial charge in [0, 0.05) is 24.3 Å². The van der Waals surface area contributed by atoms with Crippen LogP contribution in [0.5, 0.6) is 0 Å². The van der Waals surface area contributed by atoms with E-state index in [1.165, 1.54) is 5.56 Å². The molecule has 1 aromatic heterocycles. The molecule has 1 aliphatic heterocycles. The third-order valence-corrected chi connectivity index (χ3v) is 3.69. The highest BCUT2D eigenvalue weighted by atomic mass is 16.4. The lowest BCUT2D eigenvalue weighted by Gasteiger charge is -2.29. The number of rotatable bonds is 2. The Morgan fingerprint density at radius 3 is 2.95 bits per heavy atom. The predicted molar refractivity (Wildman–Crippen MR) is 78.9 cm³/mol. The Labute approximate surface area is 118 Å². The topological polar surface area (TPSA) is 59.5 Å². The second-order valence-corrected chi connectivity index (χ2v) is 5.07. The highest BCUT2D eigenvalue weighted by molar-refractivity contribution is 6.05. The molecule has 0 saturated heterocycles. The van der Waals surface area contributed by atoms with E-state index in [0.717, 1.165) is 30.7 Å². The minimum atomic E-state index is -0.0868. The normalized spacial score (nSPS) is 14.2. The predicted octanol–water partition coefficient (Wildman–Crippen LogP) is 3.02. The molecular weight excluding hydrogens is 252 g/mol. The molecule has 0 spiro atoms. The number of nitrogen functional groups attached to an aromatic ring is 1. The molecule has 0 aliphatic carbocycles. The molecule has 0 fully saturated rings. The van der Waals surface area contributed by atoms with Crippen LogP contribution in [0.3, 0.4) is 0 Å². The van der Waals surface area contributed by atoms with E-state index >= 15 is 0 Å². The summed E-state index contributed by atoms with van der Waals surface area (Å²) in [6, 6.07) is 9.37. The molecule has 0 radical (unpaired) electrons. The highest BCUT2D eigenvalue weighted by Gasteiger charge is 2.25. The van der Waals surface area contributed by atoms with Gasteiger partial charge in [-0.25, -0.2) is 0 Å². The van der Waals surface area contributed by atoms with Crippen LogP contribution in [-0.4, -0.2) is 12.5 Å². The summed E-state index contributed by atoms with van der Waals surface area (Å²) in [4.78, 5) is 14.4. The number of furan rings is 1. The molecule has 20 heavy (non-hydrogen) atoms. The van der Waals surface area contributed by atoms with E-state index in [-0.39, 0.29) is 5.91 Å². The zero-order valence-corrected chi connectivity index (χ0v) is 11.6. The molecule has 4 heteroatoms. The average molecular weight is 270 g/mol. The van der Waals surface area contributed by atoms with Crippen molar-refractivity contribution in [1.82, 2.24) is 0 Å². The first-order valence-corrected chi connectivity index (χ1v) is 6.98. The number of hydrogen-bond acceptors (Lipinski definition) is 3. The van der Waals surface area contributed by atoms with Gasteiger partial charge in [0.2, 0.25) is 0 Å². The number of benzene rings is 1. The minimum absolute atomic E-state index is 0.0868. The standard InChI is InChI=1S/C16H18N2O2/c1-2-13-7-8-15(20-13)16(19)18-9-3-4-11-5-6-12(17)10-14(11)18/h5-8,10H,2-4,9,17H2,1H3. The van der Waals surface area contributed by atoms with Crippen molar-refractivity contribution in [3.8, 4) is 0 Å². The number of carbonyl (C=O) groups excluding carboxylic acids is 1. The van der Waals surface area contributed by atoms with E-state index < -0.39 is 0 Å². The van der Waals surface area contributed by atoms with Gasteiger partial charge >= 0.3 is 0 Å². The first-order chi connectivity index (χ1) is 9.69. The third-order valence-electron chi connectivity index (χ3n) is 3.69. The van der Waals surface area contributed by atoms with E-state index in [1.807, 2.05) is 31.2 Å². The Hall–Kier alpha value is -2.23. The quantitative estimate of drug-likeness (QED) is 0.853. The zero-order valence-electron chi connectivity index (χ0n) is 11.6. The van der Waals surface area contributed by atoms with Gasteiger partial charge in [-0.05, 0) is 42.7 Å². The van der Waals surface area contributed by atoms with E-state index in [2.05, 4.69) is 0 Å². The first-order valence-electron chi connectivity index (χ1n) is 6.98. The molecule has 0 unspecified atom stereocenters. The summed E-state index contributed by atoms with van der Waals surface area (Å²) >= 11 is 0. The molecular formula is C16H18N2O2. The summed E-state index contributed by atoms with van der Waals surface area (Å²) in [5.74, 6) is 1.14. The lowest BCUT2D eigenvalue weighted by Crippen LogP contribution is -2.35. The van der Waals surface area contributed by atoms with Crippen LogP contribution in [0.15, 0.2) is 34.7 Å². The Kier molecular flexibility index (Phi) is 3.22. The van der Waals surface area contributed by atoms with Crippen LogP contribution in [-0.2, 0) is 12.8 Å². The van der Waals surface area contributed by atoms with Gasteiger partial charge in [-0.15, -0.1) is 0 Å². The van der Waals surface area contributed by atoms with E-state index in [0.29, 0.717) is 18.0 Å². The van der Waals surface area contributed by atoms with Crippen molar-refractivity contribution in [3.63, 3.8) is 0 Å². The fourth-order valence-electron chi connectivity index (χ4n) is 2.62. The van der Waals surface area contributed by atoms with Gasteiger partial charge in [0.25, 0.3) is 5.91 Å². The largest absolute Gasteiger partial charge is 0.456 e. The molecule has 0 atom stereocenters.